The van der Waals surface area contributed by atoms with Crippen LogP contribution < -0.4 is 0 Å². The number of nitrogens with zero attached hydrogens (tertiary/aromatic N) is 2. The number of aromatic nitrogens is 2. The van der Waals surface area contributed by atoms with Crippen molar-refractivity contribution in [3.63, 3.8) is 0 Å². The molecule has 0 aliphatic carbocycles. The summed E-state index contributed by atoms with van der Waals surface area (Å²) in [6.45, 7) is 6.05. The Balaban J connectivity index is 2.26. The fourth-order valence-corrected chi connectivity index (χ4v) is 2.09. The van der Waals surface area contributed by atoms with E-state index >= 15 is 0 Å². The van der Waals surface area contributed by atoms with E-state index in [0.717, 1.165) is 5.56 Å². The summed E-state index contributed by atoms with van der Waals surface area (Å²) in [4.78, 5) is 16.1. The summed E-state index contributed by atoms with van der Waals surface area (Å²) in [5.74, 6) is 0.499. The lowest BCUT2D eigenvalue weighted by Crippen LogP contribution is -2.10. The van der Waals surface area contributed by atoms with Crippen molar-refractivity contribution in [1.29, 1.82) is 0 Å². The van der Waals surface area contributed by atoms with E-state index in [4.69, 9.17) is 9.26 Å². The lowest BCUT2D eigenvalue weighted by molar-refractivity contribution is -0.120. The molecule has 0 aliphatic heterocycles. The number of carbonyl (C=O) groups is 1. The van der Waals surface area contributed by atoms with Crippen LogP contribution in [-0.2, 0) is 9.53 Å². The van der Waals surface area contributed by atoms with E-state index in [2.05, 4.69) is 10.1 Å². The molecule has 5 heteroatoms. The fraction of sp³-hybridized carbons (Fsp3) is 0.438. The Morgan fingerprint density at radius 2 is 2.00 bits per heavy atom. The van der Waals surface area contributed by atoms with Crippen molar-refractivity contribution in [3.8, 4) is 0 Å². The van der Waals surface area contributed by atoms with Crippen LogP contribution in [0, 0.1) is 0 Å². The average molecular weight is 288 g/mol. The number of rotatable bonds is 7. The summed E-state index contributed by atoms with van der Waals surface area (Å²) >= 11 is 0. The number of ether oxygens (including phenoxy) is 1. The van der Waals surface area contributed by atoms with Gasteiger partial charge in [-0.1, -0.05) is 42.4 Å². The van der Waals surface area contributed by atoms with E-state index in [-0.39, 0.29) is 17.8 Å². The zero-order valence-electron chi connectivity index (χ0n) is 12.6. The van der Waals surface area contributed by atoms with E-state index in [9.17, 15) is 4.79 Å². The van der Waals surface area contributed by atoms with Crippen LogP contribution >= 0.6 is 0 Å². The molecule has 0 N–H and O–H groups in total. The summed E-state index contributed by atoms with van der Waals surface area (Å²) in [5, 5.41) is 3.99. The molecule has 2 unspecified atom stereocenters. The van der Waals surface area contributed by atoms with Gasteiger partial charge in [-0.2, -0.15) is 4.98 Å². The molecule has 5 nitrogen and oxygen atoms in total. The van der Waals surface area contributed by atoms with Gasteiger partial charge in [0.2, 0.25) is 11.7 Å². The fourth-order valence-electron chi connectivity index (χ4n) is 2.09. The molecule has 2 aromatic rings. The Kier molecular flexibility index (Phi) is 5.22. The number of Topliss-reactive ketones (excluding diaryl/α,β-unsaturated/α-hetero) is 1. The van der Waals surface area contributed by atoms with Crippen LogP contribution in [0.4, 0.5) is 0 Å². The highest BCUT2D eigenvalue weighted by Gasteiger charge is 2.25. The van der Waals surface area contributed by atoms with Crippen molar-refractivity contribution in [2.45, 2.75) is 39.2 Å². The molecule has 0 radical (unpaired) electrons. The molecular weight excluding hydrogens is 268 g/mol. The van der Waals surface area contributed by atoms with Crippen LogP contribution in [0.1, 0.15) is 56.5 Å². The maximum atomic E-state index is 11.7. The second kappa shape index (κ2) is 7.13. The molecular formula is C16H20N2O3. The van der Waals surface area contributed by atoms with Gasteiger partial charge in [-0.05, 0) is 19.4 Å². The zero-order valence-corrected chi connectivity index (χ0v) is 12.6. The third kappa shape index (κ3) is 3.55. The highest BCUT2D eigenvalue weighted by Crippen LogP contribution is 2.25. The number of hydrogen-bond donors (Lipinski definition) is 0. The van der Waals surface area contributed by atoms with Crippen LogP contribution in [0.2, 0.25) is 0 Å². The first-order chi connectivity index (χ1) is 10.2. The molecule has 0 spiro atoms. The molecule has 0 saturated heterocycles. The van der Waals surface area contributed by atoms with E-state index in [1.165, 1.54) is 0 Å². The smallest absolute Gasteiger partial charge is 0.237 e. The highest BCUT2D eigenvalue weighted by molar-refractivity contribution is 5.83. The van der Waals surface area contributed by atoms with Gasteiger partial charge in [-0.15, -0.1) is 0 Å². The molecule has 2 atom stereocenters. The van der Waals surface area contributed by atoms with Crippen LogP contribution in [-0.4, -0.2) is 22.5 Å². The highest BCUT2D eigenvalue weighted by atomic mass is 16.5. The molecule has 1 heterocycles. The van der Waals surface area contributed by atoms with Crippen molar-refractivity contribution >= 4 is 5.78 Å². The van der Waals surface area contributed by atoms with Crippen LogP contribution in [0.3, 0.4) is 0 Å². The molecule has 0 bridgehead atoms. The van der Waals surface area contributed by atoms with Crippen LogP contribution in [0.25, 0.3) is 0 Å². The minimum absolute atomic E-state index is 0.0814. The molecule has 0 amide bonds. The maximum absolute atomic E-state index is 11.7. The monoisotopic (exact) mass is 288 g/mol. The SMILES string of the molecule is CCOC(c1ccccc1)c1noc(C(C)C(=O)CC)n1. The number of carbonyl (C=O) groups excluding carboxylic acids is 1. The number of hydrogen-bond acceptors (Lipinski definition) is 5. The number of benzene rings is 1. The lowest BCUT2D eigenvalue weighted by atomic mass is 10.0. The summed E-state index contributed by atoms with van der Waals surface area (Å²) in [5.41, 5.74) is 0.959. The second-order valence-electron chi connectivity index (χ2n) is 4.78. The molecule has 2 rings (SSSR count). The summed E-state index contributed by atoms with van der Waals surface area (Å²) in [6, 6.07) is 9.72. The van der Waals surface area contributed by atoms with E-state index in [1.807, 2.05) is 44.2 Å². The van der Waals surface area contributed by atoms with Gasteiger partial charge in [-0.25, -0.2) is 0 Å². The maximum Gasteiger partial charge on any atom is 0.237 e. The molecule has 0 fully saturated rings. The standard InChI is InChI=1S/C16H20N2O3/c1-4-13(19)11(3)16-17-15(18-21-16)14(20-5-2)12-9-7-6-8-10-12/h6-11,14H,4-5H2,1-3H3. The quantitative estimate of drug-likeness (QED) is 0.782. The van der Waals surface area contributed by atoms with Gasteiger partial charge >= 0.3 is 0 Å². The minimum atomic E-state index is -0.380. The largest absolute Gasteiger partial charge is 0.366 e. The first kappa shape index (κ1) is 15.4. The molecule has 0 saturated carbocycles. The third-order valence-corrected chi connectivity index (χ3v) is 3.33. The summed E-state index contributed by atoms with van der Waals surface area (Å²) < 4.78 is 11.0. The molecule has 1 aromatic heterocycles. The topological polar surface area (TPSA) is 65.2 Å². The Morgan fingerprint density at radius 1 is 1.29 bits per heavy atom. The summed E-state index contributed by atoms with van der Waals surface area (Å²) in [7, 11) is 0. The van der Waals surface area contributed by atoms with E-state index < -0.39 is 0 Å². The normalized spacial score (nSPS) is 13.9. The zero-order chi connectivity index (χ0) is 15.2. The van der Waals surface area contributed by atoms with Crippen molar-refractivity contribution in [1.82, 2.24) is 10.1 Å². The van der Waals surface area contributed by atoms with Crippen molar-refractivity contribution < 1.29 is 14.1 Å². The minimum Gasteiger partial charge on any atom is -0.366 e. The van der Waals surface area contributed by atoms with Gasteiger partial charge in [0.15, 0.2) is 0 Å². The predicted molar refractivity (Wildman–Crippen MR) is 77.9 cm³/mol. The van der Waals surface area contributed by atoms with Gasteiger partial charge in [0.25, 0.3) is 0 Å². The Morgan fingerprint density at radius 3 is 2.62 bits per heavy atom. The van der Waals surface area contributed by atoms with E-state index in [1.54, 1.807) is 6.92 Å². The van der Waals surface area contributed by atoms with E-state index in [0.29, 0.717) is 24.7 Å². The predicted octanol–water partition coefficient (Wildman–Crippen LogP) is 3.28. The Labute approximate surface area is 124 Å². The molecule has 21 heavy (non-hydrogen) atoms. The first-order valence-corrected chi connectivity index (χ1v) is 7.20. The van der Waals surface area contributed by atoms with Gasteiger partial charge in [0, 0.05) is 13.0 Å². The van der Waals surface area contributed by atoms with Gasteiger partial charge in [0.1, 0.15) is 11.9 Å². The van der Waals surface area contributed by atoms with Crippen molar-refractivity contribution in [2.24, 2.45) is 0 Å². The molecule has 0 aliphatic rings. The first-order valence-electron chi connectivity index (χ1n) is 7.20. The van der Waals surface area contributed by atoms with Gasteiger partial charge in [0.05, 0.1) is 5.92 Å². The lowest BCUT2D eigenvalue weighted by Gasteiger charge is -2.13. The third-order valence-electron chi connectivity index (χ3n) is 3.33. The Bertz CT molecular complexity index is 580. The average Bonchev–Trinajstić information content (AvgIpc) is 3.01. The van der Waals surface area contributed by atoms with Crippen molar-refractivity contribution in [2.75, 3.05) is 6.61 Å². The number of ketones is 1. The second-order valence-corrected chi connectivity index (χ2v) is 4.78. The summed E-state index contributed by atoms with van der Waals surface area (Å²) in [6.07, 6.45) is 0.0737. The van der Waals surface area contributed by atoms with Gasteiger partial charge in [-0.3, -0.25) is 4.79 Å². The van der Waals surface area contributed by atoms with Crippen LogP contribution in [0.5, 0.6) is 0 Å². The van der Waals surface area contributed by atoms with Crippen LogP contribution in [0.15, 0.2) is 34.9 Å². The molecule has 112 valence electrons. The van der Waals surface area contributed by atoms with Gasteiger partial charge < -0.3 is 9.26 Å². The Hall–Kier alpha value is -2.01. The molecule has 1 aromatic carbocycles. The van der Waals surface area contributed by atoms with Crippen molar-refractivity contribution in [3.05, 3.63) is 47.6 Å².